The molecule has 3 N–H and O–H groups in total. The largest absolute Gasteiger partial charge is 0.388 e. The first kappa shape index (κ1) is 14.5. The van der Waals surface area contributed by atoms with Crippen LogP contribution in [-0.4, -0.2) is 22.3 Å². The van der Waals surface area contributed by atoms with Crippen LogP contribution in [0.5, 0.6) is 0 Å². The molecule has 2 aromatic rings. The molecule has 0 amide bonds. The lowest BCUT2D eigenvalue weighted by atomic mass is 10.2. The molecule has 0 saturated heterocycles. The standard InChI is InChI=1S/C14H16BrN5/c15-12-4-2-7-19-14(12)20(8-5-13(16)17)10-11-3-1-6-18-9-11/h1-4,6-7,9H,5,8,10H2,(H3,16,17). The van der Waals surface area contributed by atoms with Gasteiger partial charge in [0.1, 0.15) is 5.82 Å². The fourth-order valence-corrected chi connectivity index (χ4v) is 2.34. The van der Waals surface area contributed by atoms with Crippen molar-refractivity contribution in [1.82, 2.24) is 9.97 Å². The molecule has 0 atom stereocenters. The number of rotatable bonds is 6. The molecule has 0 radical (unpaired) electrons. The van der Waals surface area contributed by atoms with Crippen LogP contribution in [0.2, 0.25) is 0 Å². The van der Waals surface area contributed by atoms with Crippen LogP contribution in [0.3, 0.4) is 0 Å². The smallest absolute Gasteiger partial charge is 0.143 e. The van der Waals surface area contributed by atoms with Gasteiger partial charge < -0.3 is 10.6 Å². The van der Waals surface area contributed by atoms with Gasteiger partial charge in [0.05, 0.1) is 10.3 Å². The summed E-state index contributed by atoms with van der Waals surface area (Å²) in [4.78, 5) is 10.6. The molecule has 0 spiro atoms. The highest BCUT2D eigenvalue weighted by Gasteiger charge is 2.12. The van der Waals surface area contributed by atoms with Gasteiger partial charge in [-0.15, -0.1) is 0 Å². The predicted octanol–water partition coefficient (Wildman–Crippen LogP) is 2.57. The zero-order valence-corrected chi connectivity index (χ0v) is 12.5. The van der Waals surface area contributed by atoms with Crippen molar-refractivity contribution in [3.63, 3.8) is 0 Å². The van der Waals surface area contributed by atoms with E-state index in [1.165, 1.54) is 0 Å². The minimum Gasteiger partial charge on any atom is -0.388 e. The highest BCUT2D eigenvalue weighted by Crippen LogP contribution is 2.24. The molecule has 2 heterocycles. The van der Waals surface area contributed by atoms with Crippen LogP contribution >= 0.6 is 15.9 Å². The lowest BCUT2D eigenvalue weighted by Crippen LogP contribution is -2.28. The van der Waals surface area contributed by atoms with Crippen LogP contribution in [0, 0.1) is 5.41 Å². The molecule has 5 nitrogen and oxygen atoms in total. The van der Waals surface area contributed by atoms with E-state index in [-0.39, 0.29) is 5.84 Å². The molecule has 0 aromatic carbocycles. The highest BCUT2D eigenvalue weighted by atomic mass is 79.9. The van der Waals surface area contributed by atoms with Crippen LogP contribution in [0.25, 0.3) is 0 Å². The second kappa shape index (κ2) is 7.00. The van der Waals surface area contributed by atoms with Crippen molar-refractivity contribution >= 4 is 27.6 Å². The Bertz CT molecular complexity index is 573. The maximum Gasteiger partial charge on any atom is 0.143 e. The van der Waals surface area contributed by atoms with Gasteiger partial charge in [-0.05, 0) is 39.7 Å². The van der Waals surface area contributed by atoms with Crippen LogP contribution in [0.4, 0.5) is 5.82 Å². The van der Waals surface area contributed by atoms with Gasteiger partial charge in [0.2, 0.25) is 0 Å². The Hall–Kier alpha value is -1.95. The fraction of sp³-hybridized carbons (Fsp3) is 0.214. The lowest BCUT2D eigenvalue weighted by molar-refractivity contribution is 0.781. The third-order valence-electron chi connectivity index (χ3n) is 2.79. The number of aromatic nitrogens is 2. The molecule has 0 unspecified atom stereocenters. The average molecular weight is 334 g/mol. The molecule has 0 bridgehead atoms. The third-order valence-corrected chi connectivity index (χ3v) is 3.40. The molecule has 0 aliphatic heterocycles. The summed E-state index contributed by atoms with van der Waals surface area (Å²) < 4.78 is 0.924. The van der Waals surface area contributed by atoms with Crippen molar-refractivity contribution in [2.75, 3.05) is 11.4 Å². The van der Waals surface area contributed by atoms with E-state index in [1.807, 2.05) is 30.5 Å². The first-order valence-corrected chi connectivity index (χ1v) is 7.03. The Morgan fingerprint density at radius 3 is 2.75 bits per heavy atom. The molecule has 0 aliphatic carbocycles. The number of amidine groups is 1. The first-order valence-electron chi connectivity index (χ1n) is 6.24. The molecule has 0 aliphatic rings. The Kier molecular flexibility index (Phi) is 5.06. The Morgan fingerprint density at radius 1 is 1.30 bits per heavy atom. The number of nitrogens with zero attached hydrogens (tertiary/aromatic N) is 3. The topological polar surface area (TPSA) is 78.9 Å². The van der Waals surface area contributed by atoms with Gasteiger partial charge in [-0.3, -0.25) is 10.4 Å². The minimum atomic E-state index is 0.174. The van der Waals surface area contributed by atoms with Crippen molar-refractivity contribution in [3.05, 3.63) is 52.9 Å². The summed E-state index contributed by atoms with van der Waals surface area (Å²) in [6.45, 7) is 1.32. The quantitative estimate of drug-likeness (QED) is 0.629. The molecule has 0 saturated carbocycles. The zero-order valence-electron chi connectivity index (χ0n) is 11.0. The van der Waals surface area contributed by atoms with Crippen molar-refractivity contribution < 1.29 is 0 Å². The van der Waals surface area contributed by atoms with Crippen molar-refractivity contribution in [1.29, 1.82) is 5.41 Å². The number of nitrogens with one attached hydrogen (secondary N) is 1. The van der Waals surface area contributed by atoms with Gasteiger partial charge in [0, 0.05) is 38.1 Å². The van der Waals surface area contributed by atoms with Crippen molar-refractivity contribution in [2.24, 2.45) is 5.73 Å². The van der Waals surface area contributed by atoms with E-state index in [9.17, 15) is 0 Å². The summed E-state index contributed by atoms with van der Waals surface area (Å²) in [6.07, 6.45) is 5.84. The molecule has 20 heavy (non-hydrogen) atoms. The van der Waals surface area contributed by atoms with Gasteiger partial charge in [-0.2, -0.15) is 0 Å². The second-order valence-electron chi connectivity index (χ2n) is 4.37. The molecular formula is C14H16BrN5. The van der Waals surface area contributed by atoms with Gasteiger partial charge >= 0.3 is 0 Å². The van der Waals surface area contributed by atoms with Crippen LogP contribution in [0.15, 0.2) is 47.3 Å². The molecule has 104 valence electrons. The summed E-state index contributed by atoms with van der Waals surface area (Å²) in [5.74, 6) is 1.02. The lowest BCUT2D eigenvalue weighted by Gasteiger charge is -2.24. The number of halogens is 1. The van der Waals surface area contributed by atoms with Crippen molar-refractivity contribution in [2.45, 2.75) is 13.0 Å². The number of hydrogen-bond donors (Lipinski definition) is 2. The summed E-state index contributed by atoms with van der Waals surface area (Å²) in [7, 11) is 0. The molecular weight excluding hydrogens is 318 g/mol. The first-order chi connectivity index (χ1) is 9.66. The number of nitrogens with two attached hydrogens (primary N) is 1. The molecule has 2 aromatic heterocycles. The summed E-state index contributed by atoms with van der Waals surface area (Å²) in [5, 5.41) is 7.39. The van der Waals surface area contributed by atoms with Gasteiger partial charge in [-0.1, -0.05) is 6.07 Å². The molecule has 6 heteroatoms. The number of pyridine rings is 2. The highest BCUT2D eigenvalue weighted by molar-refractivity contribution is 9.10. The fourth-order valence-electron chi connectivity index (χ4n) is 1.84. The van der Waals surface area contributed by atoms with E-state index in [0.717, 1.165) is 15.9 Å². The number of hydrogen-bond acceptors (Lipinski definition) is 4. The molecule has 0 fully saturated rings. The maximum absolute atomic E-state index is 7.39. The van der Waals surface area contributed by atoms with Crippen LogP contribution in [0.1, 0.15) is 12.0 Å². The summed E-state index contributed by atoms with van der Waals surface area (Å²) in [6, 6.07) is 7.75. The monoisotopic (exact) mass is 333 g/mol. The third kappa shape index (κ3) is 4.03. The second-order valence-corrected chi connectivity index (χ2v) is 5.22. The van der Waals surface area contributed by atoms with E-state index in [1.54, 1.807) is 12.4 Å². The Morgan fingerprint density at radius 2 is 2.10 bits per heavy atom. The minimum absolute atomic E-state index is 0.174. The summed E-state index contributed by atoms with van der Waals surface area (Å²) in [5.41, 5.74) is 6.55. The van der Waals surface area contributed by atoms with E-state index in [0.29, 0.717) is 19.5 Å². The maximum atomic E-state index is 7.39. The Labute approximate surface area is 126 Å². The predicted molar refractivity (Wildman–Crippen MR) is 83.8 cm³/mol. The van der Waals surface area contributed by atoms with Crippen molar-refractivity contribution in [3.8, 4) is 0 Å². The van der Waals surface area contributed by atoms with Crippen LogP contribution in [-0.2, 0) is 6.54 Å². The van der Waals surface area contributed by atoms with E-state index in [4.69, 9.17) is 11.1 Å². The Balaban J connectivity index is 2.20. The van der Waals surface area contributed by atoms with Gasteiger partial charge in [0.25, 0.3) is 0 Å². The van der Waals surface area contributed by atoms with Crippen LogP contribution < -0.4 is 10.6 Å². The zero-order chi connectivity index (χ0) is 14.4. The van der Waals surface area contributed by atoms with Gasteiger partial charge in [-0.25, -0.2) is 4.98 Å². The SMILES string of the molecule is N=C(N)CCN(Cc1cccnc1)c1ncccc1Br. The summed E-state index contributed by atoms with van der Waals surface area (Å²) >= 11 is 3.51. The van der Waals surface area contributed by atoms with Gasteiger partial charge in [0.15, 0.2) is 0 Å². The molecule has 2 rings (SSSR count). The van der Waals surface area contributed by atoms with E-state index >= 15 is 0 Å². The average Bonchev–Trinajstić information content (AvgIpc) is 2.45. The van der Waals surface area contributed by atoms with E-state index in [2.05, 4.69) is 30.8 Å². The number of anilines is 1. The van der Waals surface area contributed by atoms with E-state index < -0.39 is 0 Å². The normalized spacial score (nSPS) is 10.2.